The van der Waals surface area contributed by atoms with Crippen LogP contribution in [0.1, 0.15) is 56.6 Å². The number of nitrogens with one attached hydrogen (secondary N) is 1. The van der Waals surface area contributed by atoms with E-state index in [1.807, 2.05) is 62.6 Å². The first-order chi connectivity index (χ1) is 20.2. The van der Waals surface area contributed by atoms with Crippen LogP contribution in [0.25, 0.3) is 0 Å². The fraction of sp³-hybridized carbons (Fsp3) is 0.394. The molecule has 1 atom stereocenters. The summed E-state index contributed by atoms with van der Waals surface area (Å²) >= 11 is 1.52. The predicted molar refractivity (Wildman–Crippen MR) is 170 cm³/mol. The summed E-state index contributed by atoms with van der Waals surface area (Å²) in [5.74, 6) is -0.625. The summed E-state index contributed by atoms with van der Waals surface area (Å²) in [6.07, 6.45) is 7.53. The molecule has 3 aromatic carbocycles. The van der Waals surface area contributed by atoms with E-state index < -0.39 is 28.5 Å². The van der Waals surface area contributed by atoms with E-state index >= 15 is 0 Å². The zero-order valence-corrected chi connectivity index (χ0v) is 26.3. The molecular formula is C33H41N3O4S2. The molecule has 42 heavy (non-hydrogen) atoms. The van der Waals surface area contributed by atoms with E-state index in [1.54, 1.807) is 41.3 Å². The third kappa shape index (κ3) is 7.95. The highest BCUT2D eigenvalue weighted by Gasteiger charge is 2.34. The van der Waals surface area contributed by atoms with Gasteiger partial charge in [0.05, 0.1) is 10.6 Å². The van der Waals surface area contributed by atoms with E-state index in [0.29, 0.717) is 12.1 Å². The number of aryl methyl sites for hydroxylation is 1. The van der Waals surface area contributed by atoms with Crippen LogP contribution in [0.4, 0.5) is 5.69 Å². The van der Waals surface area contributed by atoms with Gasteiger partial charge < -0.3 is 10.2 Å². The third-order valence-corrected chi connectivity index (χ3v) is 10.3. The lowest BCUT2D eigenvalue weighted by atomic mass is 9.95. The highest BCUT2D eigenvalue weighted by molar-refractivity contribution is 7.98. The number of sulfonamides is 1. The summed E-state index contributed by atoms with van der Waals surface area (Å²) in [7, 11) is -4.09. The van der Waals surface area contributed by atoms with Gasteiger partial charge in [0.15, 0.2) is 0 Å². The van der Waals surface area contributed by atoms with Gasteiger partial charge in [-0.2, -0.15) is 0 Å². The highest BCUT2D eigenvalue weighted by Crippen LogP contribution is 2.27. The Morgan fingerprint density at radius 3 is 2.17 bits per heavy atom. The normalized spacial score (nSPS) is 14.6. The Kier molecular flexibility index (Phi) is 11.1. The molecule has 9 heteroatoms. The number of nitrogens with zero attached hydrogens (tertiary/aromatic N) is 2. The van der Waals surface area contributed by atoms with Crippen molar-refractivity contribution < 1.29 is 18.0 Å². The first-order valence-electron chi connectivity index (χ1n) is 14.6. The van der Waals surface area contributed by atoms with Gasteiger partial charge in [0.2, 0.25) is 11.8 Å². The molecule has 1 saturated carbocycles. The van der Waals surface area contributed by atoms with Crippen LogP contribution in [0.5, 0.6) is 0 Å². The van der Waals surface area contributed by atoms with Gasteiger partial charge in [0.25, 0.3) is 10.0 Å². The summed E-state index contributed by atoms with van der Waals surface area (Å²) in [5, 5.41) is 3.18. The van der Waals surface area contributed by atoms with Gasteiger partial charge in [0, 0.05) is 17.5 Å². The Hall–Kier alpha value is -3.30. The third-order valence-electron chi connectivity index (χ3n) is 7.78. The van der Waals surface area contributed by atoms with Crippen molar-refractivity contribution in [1.82, 2.24) is 10.2 Å². The molecule has 0 bridgehead atoms. The largest absolute Gasteiger partial charge is 0.352 e. The maximum absolute atomic E-state index is 14.2. The number of hydrogen-bond acceptors (Lipinski definition) is 5. The molecule has 4 rings (SSSR count). The summed E-state index contributed by atoms with van der Waals surface area (Å²) in [6.45, 7) is 3.57. The summed E-state index contributed by atoms with van der Waals surface area (Å²) in [5.41, 5.74) is 2.23. The monoisotopic (exact) mass is 607 g/mol. The van der Waals surface area contributed by atoms with Crippen molar-refractivity contribution >= 4 is 39.3 Å². The van der Waals surface area contributed by atoms with Crippen LogP contribution in [-0.4, -0.2) is 50.0 Å². The number of carbonyl (C=O) groups is 2. The smallest absolute Gasteiger partial charge is 0.264 e. The lowest BCUT2D eigenvalue weighted by Crippen LogP contribution is -2.54. The molecule has 0 aliphatic heterocycles. The zero-order valence-electron chi connectivity index (χ0n) is 24.7. The molecule has 0 aromatic heterocycles. The molecule has 0 spiro atoms. The van der Waals surface area contributed by atoms with Crippen LogP contribution in [0, 0.1) is 6.92 Å². The summed E-state index contributed by atoms with van der Waals surface area (Å²) < 4.78 is 29.2. The van der Waals surface area contributed by atoms with E-state index in [-0.39, 0.29) is 23.4 Å². The Labute approximate surface area is 254 Å². The fourth-order valence-electron chi connectivity index (χ4n) is 5.36. The first kappa shape index (κ1) is 31.6. The maximum Gasteiger partial charge on any atom is 0.264 e. The molecule has 3 aromatic rings. The Bertz CT molecular complexity index is 1420. The van der Waals surface area contributed by atoms with E-state index in [1.165, 1.54) is 18.2 Å². The SMILES string of the molecule is CC[C@@H](C(=O)NC1CCCCC1)N(Cc1ccccc1)C(=O)CN(c1ccc(C)cc1)S(=O)(=O)c1ccc(SC)cc1. The standard InChI is InChI=1S/C33H41N3O4S2/c1-4-31(33(38)34-27-13-9-6-10-14-27)35(23-26-11-7-5-8-12-26)32(37)24-36(28-17-15-25(2)16-18-28)42(39,40)30-21-19-29(41-3)20-22-30/h5,7-8,11-12,15-22,27,31H,4,6,9-10,13-14,23-24H2,1-3H3,(H,34,38)/t31-/m0/s1. The molecule has 224 valence electrons. The number of benzene rings is 3. The fourth-order valence-corrected chi connectivity index (χ4v) is 7.18. The molecule has 1 N–H and O–H groups in total. The van der Waals surface area contributed by atoms with Gasteiger partial charge in [-0.15, -0.1) is 11.8 Å². The lowest BCUT2D eigenvalue weighted by Gasteiger charge is -2.34. The van der Waals surface area contributed by atoms with Crippen molar-refractivity contribution in [3.05, 3.63) is 90.0 Å². The van der Waals surface area contributed by atoms with E-state index in [0.717, 1.165) is 46.0 Å². The zero-order chi connectivity index (χ0) is 30.1. The predicted octanol–water partition coefficient (Wildman–Crippen LogP) is 6.17. The second-order valence-corrected chi connectivity index (χ2v) is 13.5. The molecule has 0 radical (unpaired) electrons. The van der Waals surface area contributed by atoms with Crippen molar-refractivity contribution in [2.45, 2.75) is 80.8 Å². The molecule has 7 nitrogen and oxygen atoms in total. The molecule has 1 aliphatic carbocycles. The van der Waals surface area contributed by atoms with Gasteiger partial charge in [0.1, 0.15) is 12.6 Å². The minimum atomic E-state index is -4.09. The van der Waals surface area contributed by atoms with Gasteiger partial charge in [-0.3, -0.25) is 13.9 Å². The Morgan fingerprint density at radius 2 is 1.57 bits per heavy atom. The van der Waals surface area contributed by atoms with Gasteiger partial charge in [-0.1, -0.05) is 74.2 Å². The van der Waals surface area contributed by atoms with Crippen LogP contribution in [0.3, 0.4) is 0 Å². The second kappa shape index (κ2) is 14.7. The molecule has 2 amide bonds. The van der Waals surface area contributed by atoms with Gasteiger partial charge in [-0.25, -0.2) is 8.42 Å². The van der Waals surface area contributed by atoms with E-state index in [9.17, 15) is 18.0 Å². The van der Waals surface area contributed by atoms with E-state index in [2.05, 4.69) is 5.32 Å². The molecule has 1 aliphatic rings. The highest BCUT2D eigenvalue weighted by atomic mass is 32.2. The van der Waals surface area contributed by atoms with Crippen LogP contribution in [0.15, 0.2) is 88.7 Å². The second-order valence-electron chi connectivity index (χ2n) is 10.8. The number of thioether (sulfide) groups is 1. The average Bonchev–Trinajstić information content (AvgIpc) is 3.01. The van der Waals surface area contributed by atoms with Crippen molar-refractivity contribution in [1.29, 1.82) is 0 Å². The van der Waals surface area contributed by atoms with Crippen molar-refractivity contribution in [2.24, 2.45) is 0 Å². The molecule has 0 heterocycles. The van der Waals surface area contributed by atoms with Crippen LogP contribution < -0.4 is 9.62 Å². The summed E-state index contributed by atoms with van der Waals surface area (Å²) in [6, 6.07) is 22.6. The Morgan fingerprint density at radius 1 is 0.929 bits per heavy atom. The quantitative estimate of drug-likeness (QED) is 0.249. The number of anilines is 1. The van der Waals surface area contributed by atoms with Gasteiger partial charge >= 0.3 is 0 Å². The van der Waals surface area contributed by atoms with Crippen molar-refractivity contribution in [2.75, 3.05) is 17.1 Å². The van der Waals surface area contributed by atoms with Crippen molar-refractivity contribution in [3.8, 4) is 0 Å². The van der Waals surface area contributed by atoms with Crippen molar-refractivity contribution in [3.63, 3.8) is 0 Å². The van der Waals surface area contributed by atoms with Crippen LogP contribution in [0.2, 0.25) is 0 Å². The minimum absolute atomic E-state index is 0.0997. The average molecular weight is 608 g/mol. The molecule has 0 unspecified atom stereocenters. The lowest BCUT2D eigenvalue weighted by molar-refractivity contribution is -0.140. The number of hydrogen-bond donors (Lipinski definition) is 1. The maximum atomic E-state index is 14.2. The first-order valence-corrected chi connectivity index (χ1v) is 17.3. The number of rotatable bonds is 12. The summed E-state index contributed by atoms with van der Waals surface area (Å²) in [4.78, 5) is 30.4. The molecule has 1 fully saturated rings. The number of carbonyl (C=O) groups excluding carboxylic acids is 2. The van der Waals surface area contributed by atoms with Gasteiger partial charge in [-0.05, 0) is 74.4 Å². The molecule has 0 saturated heterocycles. The van der Waals surface area contributed by atoms with Crippen LogP contribution in [-0.2, 0) is 26.2 Å². The Balaban J connectivity index is 1.68. The minimum Gasteiger partial charge on any atom is -0.352 e. The van der Waals surface area contributed by atoms with Crippen LogP contribution >= 0.6 is 11.8 Å². The molecular weight excluding hydrogens is 567 g/mol. The van der Waals surface area contributed by atoms with E-state index in [4.69, 9.17) is 0 Å². The number of amides is 2. The topological polar surface area (TPSA) is 86.8 Å².